The third-order valence-electron chi connectivity index (χ3n) is 4.99. The summed E-state index contributed by atoms with van der Waals surface area (Å²) in [5, 5.41) is 1.71. The van der Waals surface area contributed by atoms with Crippen molar-refractivity contribution in [2.75, 3.05) is 0 Å². The van der Waals surface area contributed by atoms with Gasteiger partial charge in [0.15, 0.2) is 5.16 Å². The highest BCUT2D eigenvalue weighted by molar-refractivity contribution is 7.98. The zero-order chi connectivity index (χ0) is 21.4. The van der Waals surface area contributed by atoms with Crippen molar-refractivity contribution in [3.8, 4) is 5.69 Å². The Morgan fingerprint density at radius 1 is 0.871 bits per heavy atom. The van der Waals surface area contributed by atoms with Crippen LogP contribution in [0.15, 0.2) is 82.7 Å². The minimum absolute atomic E-state index is 0.128. The molecule has 0 aliphatic carbocycles. The maximum atomic E-state index is 13.4. The summed E-state index contributed by atoms with van der Waals surface area (Å²) < 4.78 is 1.61. The van der Waals surface area contributed by atoms with E-state index >= 15 is 0 Å². The molecule has 0 saturated heterocycles. The summed E-state index contributed by atoms with van der Waals surface area (Å²) in [6.07, 6.45) is 0. The Hall–Kier alpha value is -3.22. The van der Waals surface area contributed by atoms with E-state index in [1.54, 1.807) is 22.8 Å². The van der Waals surface area contributed by atoms with E-state index in [1.165, 1.54) is 11.8 Å². The first-order valence-corrected chi connectivity index (χ1v) is 11.1. The molecule has 0 aliphatic heterocycles. The van der Waals surface area contributed by atoms with E-state index in [9.17, 15) is 4.79 Å². The zero-order valence-electron chi connectivity index (χ0n) is 16.6. The summed E-state index contributed by atoms with van der Waals surface area (Å²) in [5.41, 5.74) is 4.66. The minimum Gasteiger partial charge on any atom is -0.268 e. The standard InChI is InChI=1S/C24H17ClN4OS/c1-15-22(27-21-12-5-4-11-20(21)26-15)14-31-24-28-19-10-3-2-9-18(19)23(30)29(24)17-8-6-7-16(25)13-17/h2-13H,14H2,1H3. The third-order valence-corrected chi connectivity index (χ3v) is 6.18. The first kappa shape index (κ1) is 19.7. The molecule has 0 spiro atoms. The maximum Gasteiger partial charge on any atom is 0.266 e. The molecule has 3 aromatic carbocycles. The SMILES string of the molecule is Cc1nc2ccccc2nc1CSc1nc2ccccc2c(=O)n1-c1cccc(Cl)c1. The molecule has 0 aliphatic rings. The largest absolute Gasteiger partial charge is 0.268 e. The van der Waals surface area contributed by atoms with E-state index in [4.69, 9.17) is 21.6 Å². The normalized spacial score (nSPS) is 11.3. The topological polar surface area (TPSA) is 60.7 Å². The molecule has 152 valence electrons. The second-order valence-corrected chi connectivity index (χ2v) is 8.44. The molecule has 2 aromatic heterocycles. The molecule has 0 fully saturated rings. The fourth-order valence-corrected chi connectivity index (χ4v) is 4.65. The van der Waals surface area contributed by atoms with Crippen molar-refractivity contribution in [1.29, 1.82) is 0 Å². The fourth-order valence-electron chi connectivity index (χ4n) is 3.45. The van der Waals surface area contributed by atoms with E-state index in [1.807, 2.05) is 61.5 Å². The Balaban J connectivity index is 1.62. The van der Waals surface area contributed by atoms with Gasteiger partial charge in [0.05, 0.1) is 39.0 Å². The number of halogens is 1. The number of aryl methyl sites for hydroxylation is 1. The molecule has 2 heterocycles. The fraction of sp³-hybridized carbons (Fsp3) is 0.0833. The molecule has 0 atom stereocenters. The third kappa shape index (κ3) is 3.80. The van der Waals surface area contributed by atoms with Gasteiger partial charge < -0.3 is 0 Å². The molecule has 5 aromatic rings. The molecule has 5 nitrogen and oxygen atoms in total. The van der Waals surface area contributed by atoms with Crippen molar-refractivity contribution in [1.82, 2.24) is 19.5 Å². The average Bonchev–Trinajstić information content (AvgIpc) is 2.78. The van der Waals surface area contributed by atoms with Crippen LogP contribution < -0.4 is 5.56 Å². The number of hydrogen-bond acceptors (Lipinski definition) is 5. The van der Waals surface area contributed by atoms with Crippen LogP contribution >= 0.6 is 23.4 Å². The number of nitrogens with zero attached hydrogens (tertiary/aromatic N) is 4. The number of rotatable bonds is 4. The predicted molar refractivity (Wildman–Crippen MR) is 126 cm³/mol. The lowest BCUT2D eigenvalue weighted by Crippen LogP contribution is -2.21. The summed E-state index contributed by atoms with van der Waals surface area (Å²) in [6.45, 7) is 1.95. The zero-order valence-corrected chi connectivity index (χ0v) is 18.2. The van der Waals surface area contributed by atoms with Gasteiger partial charge in [-0.15, -0.1) is 0 Å². The average molecular weight is 445 g/mol. The van der Waals surface area contributed by atoms with Crippen molar-refractivity contribution in [2.24, 2.45) is 0 Å². The highest BCUT2D eigenvalue weighted by Gasteiger charge is 2.15. The van der Waals surface area contributed by atoms with Gasteiger partial charge in [-0.25, -0.2) is 15.0 Å². The molecule has 7 heteroatoms. The van der Waals surface area contributed by atoms with Crippen LogP contribution in [-0.4, -0.2) is 19.5 Å². The molecule has 0 amide bonds. The van der Waals surface area contributed by atoms with Crippen molar-refractivity contribution < 1.29 is 0 Å². The van der Waals surface area contributed by atoms with Gasteiger partial charge in [-0.1, -0.05) is 53.7 Å². The smallest absolute Gasteiger partial charge is 0.266 e. The molecule has 0 unspecified atom stereocenters. The van der Waals surface area contributed by atoms with Crippen LogP contribution in [0.3, 0.4) is 0 Å². The molecule has 0 N–H and O–H groups in total. The quantitative estimate of drug-likeness (QED) is 0.267. The van der Waals surface area contributed by atoms with E-state index in [2.05, 4.69) is 4.98 Å². The first-order chi connectivity index (χ1) is 15.1. The Morgan fingerprint density at radius 2 is 1.58 bits per heavy atom. The van der Waals surface area contributed by atoms with Gasteiger partial charge in [0, 0.05) is 10.8 Å². The Bertz CT molecular complexity index is 1500. The summed E-state index contributed by atoms with van der Waals surface area (Å²) in [4.78, 5) is 27.6. The van der Waals surface area contributed by atoms with Crippen LogP contribution in [0.25, 0.3) is 27.6 Å². The van der Waals surface area contributed by atoms with Gasteiger partial charge in [-0.3, -0.25) is 9.36 Å². The summed E-state index contributed by atoms with van der Waals surface area (Å²) >= 11 is 7.66. The number of hydrogen-bond donors (Lipinski definition) is 0. The van der Waals surface area contributed by atoms with Crippen LogP contribution in [0, 0.1) is 6.92 Å². The van der Waals surface area contributed by atoms with Crippen LogP contribution in [-0.2, 0) is 5.75 Å². The van der Waals surface area contributed by atoms with Gasteiger partial charge in [-0.2, -0.15) is 0 Å². The second-order valence-electron chi connectivity index (χ2n) is 7.07. The Morgan fingerprint density at radius 3 is 2.35 bits per heavy atom. The second kappa shape index (κ2) is 8.13. The van der Waals surface area contributed by atoms with Crippen LogP contribution in [0.5, 0.6) is 0 Å². The molecular weight excluding hydrogens is 428 g/mol. The highest BCUT2D eigenvalue weighted by Crippen LogP contribution is 2.26. The highest BCUT2D eigenvalue weighted by atomic mass is 35.5. The Labute approximate surface area is 187 Å². The van der Waals surface area contributed by atoms with Crippen molar-refractivity contribution in [2.45, 2.75) is 17.8 Å². The summed E-state index contributed by atoms with van der Waals surface area (Å²) in [7, 11) is 0. The van der Waals surface area contributed by atoms with E-state index in [-0.39, 0.29) is 5.56 Å². The first-order valence-electron chi connectivity index (χ1n) is 9.73. The molecule has 31 heavy (non-hydrogen) atoms. The lowest BCUT2D eigenvalue weighted by molar-refractivity contribution is 0.819. The maximum absolute atomic E-state index is 13.4. The number of thioether (sulfide) groups is 1. The van der Waals surface area contributed by atoms with Crippen LogP contribution in [0.1, 0.15) is 11.4 Å². The van der Waals surface area contributed by atoms with Crippen LogP contribution in [0.2, 0.25) is 5.02 Å². The van der Waals surface area contributed by atoms with Gasteiger partial charge in [0.1, 0.15) is 0 Å². The van der Waals surface area contributed by atoms with E-state index in [0.717, 1.165) is 22.4 Å². The Kier molecular flexibility index (Phi) is 5.18. The minimum atomic E-state index is -0.128. The van der Waals surface area contributed by atoms with Gasteiger partial charge in [0.2, 0.25) is 0 Å². The van der Waals surface area contributed by atoms with Gasteiger partial charge >= 0.3 is 0 Å². The summed E-state index contributed by atoms with van der Waals surface area (Å²) in [5.74, 6) is 0.537. The number of aromatic nitrogens is 4. The van der Waals surface area contributed by atoms with E-state index < -0.39 is 0 Å². The summed E-state index contributed by atoms with van der Waals surface area (Å²) in [6, 6.07) is 22.4. The van der Waals surface area contributed by atoms with Gasteiger partial charge in [0.25, 0.3) is 5.56 Å². The lowest BCUT2D eigenvalue weighted by Gasteiger charge is -2.14. The number of fused-ring (bicyclic) bond motifs is 2. The molecular formula is C24H17ClN4OS. The molecule has 0 bridgehead atoms. The molecule has 0 radical (unpaired) electrons. The van der Waals surface area contributed by atoms with Crippen molar-refractivity contribution in [3.63, 3.8) is 0 Å². The van der Waals surface area contributed by atoms with Gasteiger partial charge in [-0.05, 0) is 49.4 Å². The van der Waals surface area contributed by atoms with Crippen molar-refractivity contribution >= 4 is 45.3 Å². The number of benzene rings is 3. The monoisotopic (exact) mass is 444 g/mol. The molecule has 5 rings (SSSR count). The predicted octanol–water partition coefficient (Wildman–Crippen LogP) is 5.58. The lowest BCUT2D eigenvalue weighted by atomic mass is 10.2. The molecule has 0 saturated carbocycles. The number of para-hydroxylation sites is 3. The van der Waals surface area contributed by atoms with Crippen LogP contribution in [0.4, 0.5) is 0 Å². The van der Waals surface area contributed by atoms with Crippen molar-refractivity contribution in [3.05, 3.63) is 99.6 Å². The van der Waals surface area contributed by atoms with E-state index in [0.29, 0.717) is 32.5 Å².